The molecule has 2 atom stereocenters. The van der Waals surface area contributed by atoms with E-state index < -0.39 is 40.9 Å². The van der Waals surface area contributed by atoms with Crippen LogP contribution in [0.15, 0.2) is 30.3 Å². The van der Waals surface area contributed by atoms with E-state index in [1.165, 1.54) is 19.1 Å². The van der Waals surface area contributed by atoms with Gasteiger partial charge in [0.2, 0.25) is 11.6 Å². The molecule has 0 saturated heterocycles. The summed E-state index contributed by atoms with van der Waals surface area (Å²) in [5, 5.41) is 0. The van der Waals surface area contributed by atoms with Gasteiger partial charge in [-0.05, 0) is 12.5 Å². The molecule has 6 heteroatoms. The van der Waals surface area contributed by atoms with Gasteiger partial charge in [0.15, 0.2) is 11.7 Å². The Bertz CT molecular complexity index is 631. The van der Waals surface area contributed by atoms with Gasteiger partial charge >= 0.3 is 5.97 Å². The van der Waals surface area contributed by atoms with Crippen LogP contribution in [0.2, 0.25) is 0 Å². The summed E-state index contributed by atoms with van der Waals surface area (Å²) in [6, 6.07) is 7.95. The van der Waals surface area contributed by atoms with Crippen molar-refractivity contribution in [3.8, 4) is 0 Å². The third-order valence-corrected chi connectivity index (χ3v) is 3.21. The summed E-state index contributed by atoms with van der Waals surface area (Å²) >= 11 is 0. The number of Topliss-reactive ketones (excluding diaryl/α,β-unsaturated/α-hetero) is 4. The highest BCUT2D eigenvalue weighted by Crippen LogP contribution is 2.30. The van der Waals surface area contributed by atoms with Crippen molar-refractivity contribution in [1.82, 2.24) is 0 Å². The van der Waals surface area contributed by atoms with Crippen LogP contribution in [-0.4, -0.2) is 35.7 Å². The van der Waals surface area contributed by atoms with Gasteiger partial charge in [0, 0.05) is 0 Å². The average molecular weight is 288 g/mol. The largest absolute Gasteiger partial charge is 0.460 e. The monoisotopic (exact) mass is 288 g/mol. The van der Waals surface area contributed by atoms with Gasteiger partial charge in [-0.1, -0.05) is 30.3 Å². The Morgan fingerprint density at radius 3 is 2.24 bits per heavy atom. The van der Waals surface area contributed by atoms with Crippen LogP contribution >= 0.6 is 0 Å². The highest BCUT2D eigenvalue weighted by molar-refractivity contribution is 6.61. The lowest BCUT2D eigenvalue weighted by Crippen LogP contribution is -2.33. The van der Waals surface area contributed by atoms with Gasteiger partial charge in [-0.25, -0.2) is 4.79 Å². The second kappa shape index (κ2) is 5.78. The van der Waals surface area contributed by atoms with E-state index in [9.17, 15) is 24.0 Å². The highest BCUT2D eigenvalue weighted by Gasteiger charge is 2.54. The molecule has 1 aromatic rings. The molecule has 0 radical (unpaired) electrons. The standard InChI is InChI=1S/C15H12O6/c1-2-21-15(20)14(19)10-11(16)9(12(17)13(10)18)8-6-4-3-5-7-8/h3-7,9-10H,2H2,1H3/t9-,10-/m0/s1. The summed E-state index contributed by atoms with van der Waals surface area (Å²) in [5.41, 5.74) is 0.333. The first-order valence-electron chi connectivity index (χ1n) is 6.36. The SMILES string of the molecule is CCOC(=O)C(=O)[C@@H]1C(=O)C(=O)[C@@H](c2ccccc2)C1=O. The van der Waals surface area contributed by atoms with Gasteiger partial charge in [-0.2, -0.15) is 0 Å². The van der Waals surface area contributed by atoms with E-state index in [1.54, 1.807) is 18.2 Å². The first kappa shape index (κ1) is 14.8. The van der Waals surface area contributed by atoms with E-state index in [0.717, 1.165) is 0 Å². The first-order chi connectivity index (χ1) is 9.99. The minimum absolute atomic E-state index is 0.0598. The van der Waals surface area contributed by atoms with Crippen LogP contribution in [-0.2, 0) is 28.7 Å². The van der Waals surface area contributed by atoms with Crippen LogP contribution in [0.4, 0.5) is 0 Å². The molecule has 0 heterocycles. The molecule has 0 bridgehead atoms. The number of carbonyl (C=O) groups excluding carboxylic acids is 5. The molecule has 1 fully saturated rings. The maximum Gasteiger partial charge on any atom is 0.375 e. The summed E-state index contributed by atoms with van der Waals surface area (Å²) < 4.78 is 4.48. The number of ketones is 4. The molecular weight excluding hydrogens is 276 g/mol. The van der Waals surface area contributed by atoms with Crippen molar-refractivity contribution in [1.29, 1.82) is 0 Å². The number of benzene rings is 1. The van der Waals surface area contributed by atoms with Crippen molar-refractivity contribution in [3.63, 3.8) is 0 Å². The average Bonchev–Trinajstić information content (AvgIpc) is 2.70. The third-order valence-electron chi connectivity index (χ3n) is 3.21. The van der Waals surface area contributed by atoms with Gasteiger partial charge in [-0.3, -0.25) is 19.2 Å². The molecule has 0 aliphatic heterocycles. The van der Waals surface area contributed by atoms with Gasteiger partial charge in [-0.15, -0.1) is 0 Å². The lowest BCUT2D eigenvalue weighted by molar-refractivity contribution is -0.157. The summed E-state index contributed by atoms with van der Waals surface area (Å²) in [5.74, 6) is -8.72. The predicted octanol–water partition coefficient (Wildman–Crippen LogP) is 0.239. The van der Waals surface area contributed by atoms with Crippen LogP contribution in [0.3, 0.4) is 0 Å². The lowest BCUT2D eigenvalue weighted by Gasteiger charge is -2.07. The van der Waals surface area contributed by atoms with Crippen molar-refractivity contribution in [2.75, 3.05) is 6.61 Å². The normalized spacial score (nSPS) is 21.5. The number of hydrogen-bond donors (Lipinski definition) is 0. The number of rotatable bonds is 4. The Kier molecular flexibility index (Phi) is 4.07. The molecule has 2 rings (SSSR count). The molecular formula is C15H12O6. The van der Waals surface area contributed by atoms with Crippen LogP contribution < -0.4 is 0 Å². The summed E-state index contributed by atoms with van der Waals surface area (Å²) in [6.07, 6.45) is 0. The maximum atomic E-state index is 12.2. The summed E-state index contributed by atoms with van der Waals surface area (Å²) in [6.45, 7) is 1.43. The molecule has 1 saturated carbocycles. The molecule has 21 heavy (non-hydrogen) atoms. The van der Waals surface area contributed by atoms with Crippen LogP contribution in [0.1, 0.15) is 18.4 Å². The Morgan fingerprint density at radius 1 is 1.05 bits per heavy atom. The number of esters is 1. The van der Waals surface area contributed by atoms with Crippen molar-refractivity contribution in [2.45, 2.75) is 12.8 Å². The van der Waals surface area contributed by atoms with E-state index in [1.807, 2.05) is 0 Å². The molecule has 1 aliphatic carbocycles. The fraction of sp³-hybridized carbons (Fsp3) is 0.267. The molecule has 6 nitrogen and oxygen atoms in total. The molecule has 108 valence electrons. The molecule has 1 aliphatic rings. The second-order valence-corrected chi connectivity index (χ2v) is 4.49. The number of carbonyl (C=O) groups is 5. The molecule has 0 unspecified atom stereocenters. The van der Waals surface area contributed by atoms with Crippen LogP contribution in [0.25, 0.3) is 0 Å². The zero-order chi connectivity index (χ0) is 15.6. The number of ether oxygens (including phenoxy) is 1. The second-order valence-electron chi connectivity index (χ2n) is 4.49. The summed E-state index contributed by atoms with van der Waals surface area (Å²) in [4.78, 5) is 59.2. The topological polar surface area (TPSA) is 94.6 Å². The molecule has 1 aromatic carbocycles. The quantitative estimate of drug-likeness (QED) is 0.447. The minimum atomic E-state index is -1.87. The van der Waals surface area contributed by atoms with E-state index in [2.05, 4.69) is 4.74 Å². The third kappa shape index (κ3) is 2.52. The first-order valence-corrected chi connectivity index (χ1v) is 6.36. The molecule has 0 N–H and O–H groups in total. The van der Waals surface area contributed by atoms with E-state index in [0.29, 0.717) is 5.56 Å². The van der Waals surface area contributed by atoms with Gasteiger partial charge in [0.05, 0.1) is 6.61 Å². The predicted molar refractivity (Wildman–Crippen MR) is 69.3 cm³/mol. The fourth-order valence-corrected chi connectivity index (χ4v) is 2.24. The minimum Gasteiger partial charge on any atom is -0.460 e. The smallest absolute Gasteiger partial charge is 0.375 e. The van der Waals surface area contributed by atoms with E-state index in [4.69, 9.17) is 0 Å². The van der Waals surface area contributed by atoms with E-state index in [-0.39, 0.29) is 6.61 Å². The zero-order valence-electron chi connectivity index (χ0n) is 11.2. The molecule has 0 aromatic heterocycles. The number of hydrogen-bond acceptors (Lipinski definition) is 6. The Balaban J connectivity index is 2.33. The van der Waals surface area contributed by atoms with Crippen LogP contribution in [0.5, 0.6) is 0 Å². The zero-order valence-corrected chi connectivity index (χ0v) is 11.2. The van der Waals surface area contributed by atoms with Crippen molar-refractivity contribution in [3.05, 3.63) is 35.9 Å². The Morgan fingerprint density at radius 2 is 1.67 bits per heavy atom. The van der Waals surface area contributed by atoms with Gasteiger partial charge < -0.3 is 4.74 Å². The van der Waals surface area contributed by atoms with Gasteiger partial charge in [0.1, 0.15) is 5.92 Å². The van der Waals surface area contributed by atoms with Crippen molar-refractivity contribution in [2.24, 2.45) is 5.92 Å². The Labute approximate surface area is 120 Å². The Hall–Kier alpha value is -2.63. The van der Waals surface area contributed by atoms with Gasteiger partial charge in [0.25, 0.3) is 5.78 Å². The summed E-state index contributed by atoms with van der Waals surface area (Å²) in [7, 11) is 0. The van der Waals surface area contributed by atoms with Crippen molar-refractivity contribution < 1.29 is 28.7 Å². The van der Waals surface area contributed by atoms with Crippen LogP contribution in [0, 0.1) is 5.92 Å². The highest BCUT2D eigenvalue weighted by atomic mass is 16.5. The van der Waals surface area contributed by atoms with E-state index >= 15 is 0 Å². The maximum absolute atomic E-state index is 12.2. The molecule has 0 amide bonds. The lowest BCUT2D eigenvalue weighted by atomic mass is 9.93. The van der Waals surface area contributed by atoms with Crippen molar-refractivity contribution >= 4 is 29.1 Å². The molecule has 0 spiro atoms. The fourth-order valence-electron chi connectivity index (χ4n) is 2.24.